The average molecular weight is 717 g/mol. The predicted octanol–water partition coefficient (Wildman–Crippen LogP) is 7.54. The van der Waals surface area contributed by atoms with Gasteiger partial charge in [0.05, 0.1) is 29.0 Å². The van der Waals surface area contributed by atoms with Gasteiger partial charge >= 0.3 is 6.18 Å². The van der Waals surface area contributed by atoms with E-state index in [0.717, 1.165) is 32.2 Å². The third-order valence-corrected chi connectivity index (χ3v) is 9.26. The van der Waals surface area contributed by atoms with E-state index in [9.17, 15) is 23.2 Å². The highest BCUT2D eigenvalue weighted by molar-refractivity contribution is 6.00. The molecular formula is C39H40F4N6O3. The molecule has 0 bridgehead atoms. The van der Waals surface area contributed by atoms with Crippen molar-refractivity contribution < 1.29 is 31.8 Å². The molecule has 9 nitrogen and oxygen atoms in total. The van der Waals surface area contributed by atoms with Crippen molar-refractivity contribution in [3.05, 3.63) is 101 Å². The van der Waals surface area contributed by atoms with Gasteiger partial charge in [-0.3, -0.25) is 9.69 Å². The first kappa shape index (κ1) is 36.7. The van der Waals surface area contributed by atoms with Crippen molar-refractivity contribution in [3.8, 4) is 11.9 Å². The number of aromatic nitrogens is 3. The lowest BCUT2D eigenvalue weighted by Crippen LogP contribution is -2.41. The van der Waals surface area contributed by atoms with Crippen molar-refractivity contribution in [1.29, 1.82) is 5.26 Å². The summed E-state index contributed by atoms with van der Waals surface area (Å²) in [4.78, 5) is 20.1. The summed E-state index contributed by atoms with van der Waals surface area (Å²) < 4.78 is 72.0. The number of likely N-dealkylation sites (tertiary alicyclic amines) is 1. The number of nitrogens with zero attached hydrogens (tertiary/aromatic N) is 6. The number of nitriles is 1. The quantitative estimate of drug-likeness (QED) is 0.0951. The van der Waals surface area contributed by atoms with Crippen molar-refractivity contribution in [2.45, 2.75) is 57.0 Å². The zero-order valence-electron chi connectivity index (χ0n) is 29.1. The summed E-state index contributed by atoms with van der Waals surface area (Å²) in [5, 5.41) is 13.6. The Morgan fingerprint density at radius 2 is 1.83 bits per heavy atom. The number of benzene rings is 2. The maximum Gasteiger partial charge on any atom is 0.393 e. The average Bonchev–Trinajstić information content (AvgIpc) is 3.47. The minimum Gasteiger partial charge on any atom is -0.473 e. The molecule has 2 aromatic carbocycles. The molecule has 52 heavy (non-hydrogen) atoms. The lowest BCUT2D eigenvalue weighted by molar-refractivity contribution is -0.124. The van der Waals surface area contributed by atoms with E-state index in [1.54, 1.807) is 44.4 Å². The third kappa shape index (κ3) is 8.86. The number of pyridine rings is 1. The fourth-order valence-corrected chi connectivity index (χ4v) is 6.69. The van der Waals surface area contributed by atoms with Gasteiger partial charge < -0.3 is 14.4 Å². The van der Waals surface area contributed by atoms with Gasteiger partial charge in [0.15, 0.2) is 6.23 Å². The summed E-state index contributed by atoms with van der Waals surface area (Å²) in [7, 11) is 3.39. The molecule has 2 saturated heterocycles. The second-order valence-corrected chi connectivity index (χ2v) is 13.3. The summed E-state index contributed by atoms with van der Waals surface area (Å²) in [6.07, 6.45) is 2.54. The van der Waals surface area contributed by atoms with E-state index in [1.807, 2.05) is 12.1 Å². The Morgan fingerprint density at radius 1 is 1.06 bits per heavy atom. The lowest BCUT2D eigenvalue weighted by Gasteiger charge is -2.31. The van der Waals surface area contributed by atoms with E-state index in [1.165, 1.54) is 46.1 Å². The number of ether oxygens (including phenoxy) is 2. The molecule has 0 saturated carbocycles. The van der Waals surface area contributed by atoms with Crippen LogP contribution in [0.15, 0.2) is 72.9 Å². The van der Waals surface area contributed by atoms with E-state index in [2.05, 4.69) is 15.0 Å². The van der Waals surface area contributed by atoms with Crippen LogP contribution >= 0.6 is 0 Å². The Balaban J connectivity index is 1.35. The molecule has 4 heterocycles. The summed E-state index contributed by atoms with van der Waals surface area (Å²) in [5.41, 5.74) is 1.93. The highest BCUT2D eigenvalue weighted by atomic mass is 19.4. The number of rotatable bonds is 10. The van der Waals surface area contributed by atoms with Crippen LogP contribution in [-0.4, -0.2) is 83.1 Å². The number of carbonyl (C=O) groups is 1. The molecule has 13 heteroatoms. The van der Waals surface area contributed by atoms with Crippen LogP contribution in [0.1, 0.15) is 67.0 Å². The highest BCUT2D eigenvalue weighted by Gasteiger charge is 2.32. The molecule has 272 valence electrons. The molecule has 2 fully saturated rings. The van der Waals surface area contributed by atoms with Gasteiger partial charge in [0.1, 0.15) is 6.10 Å². The lowest BCUT2D eigenvalue weighted by atomic mass is 9.87. The van der Waals surface area contributed by atoms with Crippen LogP contribution in [0.3, 0.4) is 0 Å². The van der Waals surface area contributed by atoms with Gasteiger partial charge in [0.25, 0.3) is 0 Å². The summed E-state index contributed by atoms with van der Waals surface area (Å²) in [5.74, 6) is -0.516. The van der Waals surface area contributed by atoms with E-state index in [4.69, 9.17) is 9.47 Å². The maximum atomic E-state index is 15.5. The van der Waals surface area contributed by atoms with Crippen LogP contribution in [0.5, 0.6) is 5.88 Å². The molecule has 4 aromatic rings. The van der Waals surface area contributed by atoms with Crippen LogP contribution in [0.2, 0.25) is 0 Å². The summed E-state index contributed by atoms with van der Waals surface area (Å²) in [6.45, 7) is 2.60. The number of carbonyl (C=O) groups excluding carboxylic acids is 1. The van der Waals surface area contributed by atoms with E-state index in [0.29, 0.717) is 54.2 Å². The molecule has 2 aromatic heterocycles. The molecular weight excluding hydrogens is 676 g/mol. The number of alkyl halides is 3. The monoisotopic (exact) mass is 716 g/mol. The number of hydrogen-bond donors (Lipinski definition) is 0. The van der Waals surface area contributed by atoms with Crippen molar-refractivity contribution >= 4 is 28.0 Å². The topological polar surface area (TPSA) is 96.5 Å². The standard InChI is InChI=1S/C39H40F4N6O3/c1-47(2)35(50)8-6-19-48-18-5-7-30(25-48)52-34-17-15-29(24-45-34)37(32(22-39(41,42)43)27-12-10-26(23-44)11-13-27)28-14-16-33-31(21-28)38(40)46-49(33)36-9-3-4-20-51-36/h6,8,10-17,21,24,30,36H,3-5,7,9,18-20,22,25H2,1-2H3/b8-6+,37-32-/t30-,36?/m1/s1. The van der Waals surface area contributed by atoms with Gasteiger partial charge in [0, 0.05) is 57.7 Å². The molecule has 0 N–H and O–H groups in total. The minimum atomic E-state index is -4.59. The van der Waals surface area contributed by atoms with Crippen LogP contribution in [0.25, 0.3) is 22.0 Å². The van der Waals surface area contributed by atoms with Gasteiger partial charge in [-0.05, 0) is 91.3 Å². The van der Waals surface area contributed by atoms with E-state index in [-0.39, 0.29) is 34.1 Å². The summed E-state index contributed by atoms with van der Waals surface area (Å²) >= 11 is 0. The van der Waals surface area contributed by atoms with Gasteiger partial charge in [-0.1, -0.05) is 24.3 Å². The SMILES string of the molecule is CN(C)C(=O)/C=C/CN1CCC[C@@H](Oc2ccc(/C(=C(/CC(F)(F)F)c3ccc(C#N)cc3)c3ccc4c(c3)c(F)nn4C3CCCCO3)cn2)C1. The zero-order chi connectivity index (χ0) is 36.8. The number of amides is 1. The Kier molecular flexibility index (Phi) is 11.4. The van der Waals surface area contributed by atoms with Crippen LogP contribution < -0.4 is 4.74 Å². The largest absolute Gasteiger partial charge is 0.473 e. The maximum absolute atomic E-state index is 15.5. The Labute approximate surface area is 299 Å². The molecule has 2 atom stereocenters. The highest BCUT2D eigenvalue weighted by Crippen LogP contribution is 2.41. The molecule has 0 aliphatic carbocycles. The number of piperidine rings is 1. The van der Waals surface area contributed by atoms with E-state index < -0.39 is 24.8 Å². The normalized spacial score (nSPS) is 19.0. The van der Waals surface area contributed by atoms with Crippen LogP contribution in [0.4, 0.5) is 17.6 Å². The van der Waals surface area contributed by atoms with Crippen molar-refractivity contribution in [2.75, 3.05) is 40.3 Å². The molecule has 1 unspecified atom stereocenters. The molecule has 2 aliphatic rings. The third-order valence-electron chi connectivity index (χ3n) is 9.26. The van der Waals surface area contributed by atoms with Crippen molar-refractivity contribution in [3.63, 3.8) is 0 Å². The zero-order valence-corrected chi connectivity index (χ0v) is 29.1. The smallest absolute Gasteiger partial charge is 0.393 e. The molecule has 2 aliphatic heterocycles. The molecule has 1 amide bonds. The second-order valence-electron chi connectivity index (χ2n) is 13.3. The van der Waals surface area contributed by atoms with Crippen LogP contribution in [-0.2, 0) is 9.53 Å². The first-order chi connectivity index (χ1) is 25.0. The van der Waals surface area contributed by atoms with Gasteiger partial charge in [-0.25, -0.2) is 9.67 Å². The Bertz CT molecular complexity index is 1970. The van der Waals surface area contributed by atoms with Gasteiger partial charge in [0.2, 0.25) is 17.7 Å². The second kappa shape index (κ2) is 16.1. The first-order valence-electron chi connectivity index (χ1n) is 17.3. The van der Waals surface area contributed by atoms with Gasteiger partial charge in [-0.2, -0.15) is 22.8 Å². The Morgan fingerprint density at radius 3 is 2.50 bits per heavy atom. The number of likely N-dealkylation sites (N-methyl/N-ethyl adjacent to an activating group) is 1. The number of fused-ring (bicyclic) bond motifs is 1. The minimum absolute atomic E-state index is 0.0565. The predicted molar refractivity (Wildman–Crippen MR) is 188 cm³/mol. The number of allylic oxidation sites excluding steroid dienone is 1. The van der Waals surface area contributed by atoms with Crippen molar-refractivity contribution in [1.82, 2.24) is 24.6 Å². The Hall–Kier alpha value is -5.06. The fraction of sp³-hybridized carbons (Fsp3) is 0.385. The molecule has 6 rings (SSSR count). The van der Waals surface area contributed by atoms with Crippen molar-refractivity contribution in [2.24, 2.45) is 0 Å². The van der Waals surface area contributed by atoms with E-state index >= 15 is 4.39 Å². The van der Waals surface area contributed by atoms with Gasteiger partial charge in [-0.15, -0.1) is 5.10 Å². The fourth-order valence-electron chi connectivity index (χ4n) is 6.69. The molecule has 0 spiro atoms. The first-order valence-corrected chi connectivity index (χ1v) is 17.3. The number of halogens is 4. The molecule has 0 radical (unpaired) electrons. The van der Waals surface area contributed by atoms with Crippen LogP contribution in [0, 0.1) is 17.3 Å². The number of hydrogen-bond acceptors (Lipinski definition) is 7. The summed E-state index contributed by atoms with van der Waals surface area (Å²) in [6, 6.07) is 16.1.